The molecule has 0 bridgehead atoms. The Bertz CT molecular complexity index is 1040. The Balaban J connectivity index is 1.52. The lowest BCUT2D eigenvalue weighted by atomic mass is 10.0. The number of para-hydroxylation sites is 1. The van der Waals surface area contributed by atoms with Gasteiger partial charge in [0.2, 0.25) is 5.91 Å². The first kappa shape index (κ1) is 18.2. The molecule has 1 aliphatic heterocycles. The third-order valence-electron chi connectivity index (χ3n) is 5.09. The molecule has 1 saturated heterocycles. The summed E-state index contributed by atoms with van der Waals surface area (Å²) >= 11 is 0. The number of pyridine rings is 1. The average Bonchev–Trinajstić information content (AvgIpc) is 3.08. The SMILES string of the molecule is COc1ccccc1C1CNCCN1C(=O)CCn1nc2ccccn2c1=O. The highest BCUT2D eigenvalue weighted by molar-refractivity contribution is 5.77. The van der Waals surface area contributed by atoms with Crippen molar-refractivity contribution < 1.29 is 9.53 Å². The van der Waals surface area contributed by atoms with Gasteiger partial charge in [-0.05, 0) is 18.2 Å². The van der Waals surface area contributed by atoms with Gasteiger partial charge >= 0.3 is 5.69 Å². The predicted octanol–water partition coefficient (Wildman–Crippen LogP) is 1.07. The summed E-state index contributed by atoms with van der Waals surface area (Å²) in [5.74, 6) is 0.770. The molecular weight excluding hydrogens is 358 g/mol. The van der Waals surface area contributed by atoms with Gasteiger partial charge in [0, 0.05) is 37.8 Å². The van der Waals surface area contributed by atoms with Crippen LogP contribution in [0.4, 0.5) is 0 Å². The second-order valence-electron chi connectivity index (χ2n) is 6.73. The summed E-state index contributed by atoms with van der Waals surface area (Å²) in [5.41, 5.74) is 1.33. The molecular formula is C20H23N5O3. The van der Waals surface area contributed by atoms with E-state index in [2.05, 4.69) is 10.4 Å². The van der Waals surface area contributed by atoms with Crippen molar-refractivity contribution in [3.05, 3.63) is 64.7 Å². The Hall–Kier alpha value is -3.13. The van der Waals surface area contributed by atoms with Gasteiger partial charge in [0.15, 0.2) is 5.65 Å². The molecule has 0 saturated carbocycles. The third kappa shape index (κ3) is 3.38. The Morgan fingerprint density at radius 2 is 2.07 bits per heavy atom. The van der Waals surface area contributed by atoms with E-state index < -0.39 is 0 Å². The minimum absolute atomic E-state index is 0.00126. The molecule has 3 heterocycles. The zero-order valence-corrected chi connectivity index (χ0v) is 15.7. The van der Waals surface area contributed by atoms with E-state index in [0.717, 1.165) is 17.9 Å². The van der Waals surface area contributed by atoms with E-state index >= 15 is 0 Å². The number of fused-ring (bicyclic) bond motifs is 1. The number of nitrogens with one attached hydrogen (secondary N) is 1. The number of carbonyl (C=O) groups is 1. The molecule has 4 rings (SSSR count). The van der Waals surface area contributed by atoms with Gasteiger partial charge in [0.25, 0.3) is 0 Å². The van der Waals surface area contributed by atoms with E-state index in [-0.39, 0.29) is 30.6 Å². The largest absolute Gasteiger partial charge is 0.496 e. The van der Waals surface area contributed by atoms with Crippen LogP contribution in [-0.2, 0) is 11.3 Å². The highest BCUT2D eigenvalue weighted by atomic mass is 16.5. The molecule has 8 heteroatoms. The number of amides is 1. The van der Waals surface area contributed by atoms with Gasteiger partial charge in [-0.3, -0.25) is 9.20 Å². The summed E-state index contributed by atoms with van der Waals surface area (Å²) in [4.78, 5) is 27.3. The molecule has 3 aromatic rings. The van der Waals surface area contributed by atoms with E-state index in [4.69, 9.17) is 4.74 Å². The van der Waals surface area contributed by atoms with Crippen LogP contribution in [0.1, 0.15) is 18.0 Å². The van der Waals surface area contributed by atoms with Crippen molar-refractivity contribution in [3.8, 4) is 5.75 Å². The van der Waals surface area contributed by atoms with E-state index in [0.29, 0.717) is 18.7 Å². The van der Waals surface area contributed by atoms with Crippen LogP contribution in [0.3, 0.4) is 0 Å². The summed E-state index contributed by atoms with van der Waals surface area (Å²) in [5, 5.41) is 7.65. The number of hydrogen-bond donors (Lipinski definition) is 1. The normalized spacial score (nSPS) is 17.0. The number of piperazine rings is 1. The first-order valence-corrected chi connectivity index (χ1v) is 9.36. The third-order valence-corrected chi connectivity index (χ3v) is 5.09. The fraction of sp³-hybridized carbons (Fsp3) is 0.350. The molecule has 1 atom stereocenters. The molecule has 0 radical (unpaired) electrons. The number of benzene rings is 1. The number of ether oxygens (including phenoxy) is 1. The standard InChI is InChI=1S/C20H23N5O3/c1-28-17-7-3-2-6-15(17)16-14-21-10-13-23(16)19(26)9-12-25-20(27)24-11-5-4-8-18(24)22-25/h2-8,11,16,21H,9-10,12-14H2,1H3. The van der Waals surface area contributed by atoms with Crippen molar-refractivity contribution in [2.75, 3.05) is 26.7 Å². The Morgan fingerprint density at radius 1 is 1.25 bits per heavy atom. The molecule has 1 N–H and O–H groups in total. The molecule has 1 aromatic carbocycles. The molecule has 2 aromatic heterocycles. The Morgan fingerprint density at radius 3 is 2.89 bits per heavy atom. The van der Waals surface area contributed by atoms with E-state index in [9.17, 15) is 9.59 Å². The Labute approximate surface area is 162 Å². The Kier molecular flexibility index (Phi) is 5.12. The van der Waals surface area contributed by atoms with Gasteiger partial charge in [-0.25, -0.2) is 9.48 Å². The average molecular weight is 381 g/mol. The fourth-order valence-electron chi connectivity index (χ4n) is 3.68. The van der Waals surface area contributed by atoms with Crippen LogP contribution in [0.2, 0.25) is 0 Å². The van der Waals surface area contributed by atoms with Gasteiger partial charge in [-0.15, -0.1) is 5.10 Å². The molecule has 1 unspecified atom stereocenters. The number of hydrogen-bond acceptors (Lipinski definition) is 5. The van der Waals surface area contributed by atoms with Gasteiger partial charge < -0.3 is 15.0 Å². The van der Waals surface area contributed by atoms with Crippen LogP contribution in [0.5, 0.6) is 5.75 Å². The van der Waals surface area contributed by atoms with Crippen LogP contribution < -0.4 is 15.7 Å². The molecule has 1 fully saturated rings. The van der Waals surface area contributed by atoms with Crippen molar-refractivity contribution in [1.82, 2.24) is 24.4 Å². The molecule has 0 aliphatic carbocycles. The maximum atomic E-state index is 13.0. The van der Waals surface area contributed by atoms with E-state index in [1.807, 2.05) is 35.2 Å². The molecule has 0 spiro atoms. The number of methoxy groups -OCH3 is 1. The van der Waals surface area contributed by atoms with E-state index in [1.165, 1.54) is 9.08 Å². The van der Waals surface area contributed by atoms with Gasteiger partial charge in [-0.2, -0.15) is 0 Å². The van der Waals surface area contributed by atoms with Crippen LogP contribution in [0, 0.1) is 0 Å². The highest BCUT2D eigenvalue weighted by Crippen LogP contribution is 2.30. The number of rotatable bonds is 5. The number of nitrogens with zero attached hydrogens (tertiary/aromatic N) is 4. The maximum absolute atomic E-state index is 13.0. The van der Waals surface area contributed by atoms with Crippen molar-refractivity contribution in [1.29, 1.82) is 0 Å². The van der Waals surface area contributed by atoms with Crippen molar-refractivity contribution in [2.24, 2.45) is 0 Å². The summed E-state index contributed by atoms with van der Waals surface area (Å²) in [6.45, 7) is 2.27. The highest BCUT2D eigenvalue weighted by Gasteiger charge is 2.29. The summed E-state index contributed by atoms with van der Waals surface area (Å²) in [6.07, 6.45) is 1.90. The smallest absolute Gasteiger partial charge is 0.350 e. The molecule has 8 nitrogen and oxygen atoms in total. The fourth-order valence-corrected chi connectivity index (χ4v) is 3.68. The van der Waals surface area contributed by atoms with Crippen molar-refractivity contribution in [2.45, 2.75) is 19.0 Å². The lowest BCUT2D eigenvalue weighted by molar-refractivity contribution is -0.134. The van der Waals surface area contributed by atoms with Crippen LogP contribution in [0.15, 0.2) is 53.5 Å². The number of aromatic nitrogens is 3. The predicted molar refractivity (Wildman–Crippen MR) is 104 cm³/mol. The van der Waals surface area contributed by atoms with Crippen LogP contribution in [-0.4, -0.2) is 51.7 Å². The molecule has 1 amide bonds. The first-order chi connectivity index (χ1) is 13.7. The first-order valence-electron chi connectivity index (χ1n) is 9.36. The molecule has 1 aliphatic rings. The zero-order chi connectivity index (χ0) is 19.5. The monoisotopic (exact) mass is 381 g/mol. The lowest BCUT2D eigenvalue weighted by Gasteiger charge is -2.37. The number of carbonyl (C=O) groups excluding carboxylic acids is 1. The van der Waals surface area contributed by atoms with Gasteiger partial charge in [0.05, 0.1) is 19.7 Å². The molecule has 28 heavy (non-hydrogen) atoms. The summed E-state index contributed by atoms with van der Waals surface area (Å²) in [7, 11) is 1.64. The minimum atomic E-state index is -0.231. The van der Waals surface area contributed by atoms with Gasteiger partial charge in [0.1, 0.15) is 5.75 Å². The number of aryl methyl sites for hydroxylation is 1. The second kappa shape index (κ2) is 7.85. The quantitative estimate of drug-likeness (QED) is 0.715. The van der Waals surface area contributed by atoms with Gasteiger partial charge in [-0.1, -0.05) is 24.3 Å². The van der Waals surface area contributed by atoms with E-state index in [1.54, 1.807) is 25.4 Å². The summed E-state index contributed by atoms with van der Waals surface area (Å²) in [6, 6.07) is 13.0. The van der Waals surface area contributed by atoms with Crippen molar-refractivity contribution in [3.63, 3.8) is 0 Å². The summed E-state index contributed by atoms with van der Waals surface area (Å²) < 4.78 is 8.32. The maximum Gasteiger partial charge on any atom is 0.350 e. The van der Waals surface area contributed by atoms with Crippen molar-refractivity contribution >= 4 is 11.6 Å². The lowest BCUT2D eigenvalue weighted by Crippen LogP contribution is -2.49. The topological polar surface area (TPSA) is 80.9 Å². The van der Waals surface area contributed by atoms with Crippen LogP contribution in [0.25, 0.3) is 5.65 Å². The minimum Gasteiger partial charge on any atom is -0.496 e. The zero-order valence-electron chi connectivity index (χ0n) is 15.7. The second-order valence-corrected chi connectivity index (χ2v) is 6.73. The van der Waals surface area contributed by atoms with Crippen LogP contribution >= 0.6 is 0 Å². The molecule has 146 valence electrons.